The van der Waals surface area contributed by atoms with Gasteiger partial charge in [-0.25, -0.2) is 4.98 Å². The van der Waals surface area contributed by atoms with Crippen molar-refractivity contribution in [1.82, 2.24) is 20.1 Å². The molecule has 0 aromatic carbocycles. The highest BCUT2D eigenvalue weighted by Gasteiger charge is 2.28. The van der Waals surface area contributed by atoms with E-state index in [1.54, 1.807) is 18.3 Å². The molecule has 7 heteroatoms. The third-order valence-corrected chi connectivity index (χ3v) is 3.75. The zero-order valence-corrected chi connectivity index (χ0v) is 12.2. The van der Waals surface area contributed by atoms with Crippen LogP contribution in [0.2, 0.25) is 0 Å². The Balaban J connectivity index is 1.71. The SMILES string of the molecule is CC(=O)Nc1cc(C(=O)N2CC[C@@H](c3ccn[nH]3)C2)ccn1. The fraction of sp³-hybridized carbons (Fsp3) is 0.333. The molecule has 114 valence electrons. The molecule has 1 fully saturated rings. The quantitative estimate of drug-likeness (QED) is 0.896. The molecule has 22 heavy (non-hydrogen) atoms. The number of nitrogens with one attached hydrogen (secondary N) is 2. The Morgan fingerprint density at radius 2 is 2.23 bits per heavy atom. The molecule has 2 aromatic heterocycles. The van der Waals surface area contributed by atoms with E-state index < -0.39 is 0 Å². The number of aromatic nitrogens is 3. The number of hydrogen-bond acceptors (Lipinski definition) is 4. The summed E-state index contributed by atoms with van der Waals surface area (Å²) in [4.78, 5) is 29.5. The van der Waals surface area contributed by atoms with Gasteiger partial charge in [-0.3, -0.25) is 14.7 Å². The van der Waals surface area contributed by atoms with Crippen molar-refractivity contribution in [3.63, 3.8) is 0 Å². The maximum absolute atomic E-state index is 12.6. The third kappa shape index (κ3) is 2.98. The van der Waals surface area contributed by atoms with E-state index in [1.165, 1.54) is 13.1 Å². The van der Waals surface area contributed by atoms with Crippen LogP contribution in [0, 0.1) is 0 Å². The molecule has 1 aliphatic heterocycles. The Labute approximate surface area is 127 Å². The van der Waals surface area contributed by atoms with Crippen LogP contribution in [-0.2, 0) is 4.79 Å². The molecule has 0 radical (unpaired) electrons. The topological polar surface area (TPSA) is 91.0 Å². The molecule has 3 heterocycles. The van der Waals surface area contributed by atoms with Gasteiger partial charge in [-0.1, -0.05) is 0 Å². The Morgan fingerprint density at radius 1 is 1.36 bits per heavy atom. The number of carbonyl (C=O) groups excluding carboxylic acids is 2. The highest BCUT2D eigenvalue weighted by molar-refractivity contribution is 5.96. The average Bonchev–Trinajstić information content (AvgIpc) is 3.17. The number of rotatable bonds is 3. The molecule has 1 saturated heterocycles. The van der Waals surface area contributed by atoms with E-state index in [1.807, 2.05) is 11.0 Å². The minimum absolute atomic E-state index is 0.0454. The Morgan fingerprint density at radius 3 is 2.95 bits per heavy atom. The van der Waals surface area contributed by atoms with Gasteiger partial charge in [0.1, 0.15) is 5.82 Å². The number of nitrogens with zero attached hydrogens (tertiary/aromatic N) is 3. The highest BCUT2D eigenvalue weighted by atomic mass is 16.2. The molecular formula is C15H17N5O2. The van der Waals surface area contributed by atoms with Crippen LogP contribution in [0.15, 0.2) is 30.6 Å². The number of H-pyrrole nitrogens is 1. The lowest BCUT2D eigenvalue weighted by Crippen LogP contribution is -2.28. The summed E-state index contributed by atoms with van der Waals surface area (Å²) in [5, 5.41) is 9.51. The summed E-state index contributed by atoms with van der Waals surface area (Å²) in [6, 6.07) is 5.21. The molecule has 2 aromatic rings. The van der Waals surface area contributed by atoms with Crippen molar-refractivity contribution in [2.75, 3.05) is 18.4 Å². The zero-order chi connectivity index (χ0) is 15.5. The highest BCUT2D eigenvalue weighted by Crippen LogP contribution is 2.26. The van der Waals surface area contributed by atoms with Crippen LogP contribution in [-0.4, -0.2) is 45.0 Å². The van der Waals surface area contributed by atoms with Crippen LogP contribution in [0.1, 0.15) is 35.3 Å². The number of amides is 2. The van der Waals surface area contributed by atoms with Crippen LogP contribution in [0.3, 0.4) is 0 Å². The van der Waals surface area contributed by atoms with E-state index in [0.717, 1.165) is 12.1 Å². The van der Waals surface area contributed by atoms with Crippen molar-refractivity contribution in [2.24, 2.45) is 0 Å². The maximum Gasteiger partial charge on any atom is 0.254 e. The van der Waals surface area contributed by atoms with Gasteiger partial charge in [-0.05, 0) is 24.6 Å². The van der Waals surface area contributed by atoms with Gasteiger partial charge in [0.05, 0.1) is 0 Å². The molecule has 0 spiro atoms. The van der Waals surface area contributed by atoms with Crippen LogP contribution in [0.25, 0.3) is 0 Å². The van der Waals surface area contributed by atoms with Crippen molar-refractivity contribution in [1.29, 1.82) is 0 Å². The van der Waals surface area contributed by atoms with Gasteiger partial charge < -0.3 is 10.2 Å². The first-order chi connectivity index (χ1) is 10.6. The molecule has 2 amide bonds. The van der Waals surface area contributed by atoms with E-state index in [0.29, 0.717) is 30.4 Å². The van der Waals surface area contributed by atoms with Gasteiger partial charge in [-0.15, -0.1) is 0 Å². The van der Waals surface area contributed by atoms with Crippen molar-refractivity contribution in [3.05, 3.63) is 41.9 Å². The van der Waals surface area contributed by atoms with Gasteiger partial charge in [0.2, 0.25) is 5.91 Å². The summed E-state index contributed by atoms with van der Waals surface area (Å²) >= 11 is 0. The van der Waals surface area contributed by atoms with E-state index in [2.05, 4.69) is 20.5 Å². The van der Waals surface area contributed by atoms with Gasteiger partial charge in [0, 0.05) is 49.6 Å². The fourth-order valence-electron chi connectivity index (χ4n) is 2.69. The Hall–Kier alpha value is -2.70. The van der Waals surface area contributed by atoms with E-state index in [9.17, 15) is 9.59 Å². The summed E-state index contributed by atoms with van der Waals surface area (Å²) in [5.74, 6) is 0.430. The predicted molar refractivity (Wildman–Crippen MR) is 80.4 cm³/mol. The standard InChI is InChI=1S/C15H17N5O2/c1-10(21)18-14-8-11(2-5-16-14)15(22)20-7-4-12(9-20)13-3-6-17-19-13/h2-3,5-6,8,12H,4,7,9H2,1H3,(H,17,19)(H,16,18,21)/t12-/m1/s1. The summed E-state index contributed by atoms with van der Waals surface area (Å²) in [5.41, 5.74) is 1.59. The lowest BCUT2D eigenvalue weighted by Gasteiger charge is -2.16. The maximum atomic E-state index is 12.6. The first kappa shape index (κ1) is 14.2. The molecule has 1 atom stereocenters. The van der Waals surface area contributed by atoms with Crippen molar-refractivity contribution < 1.29 is 9.59 Å². The van der Waals surface area contributed by atoms with Crippen LogP contribution in [0.4, 0.5) is 5.82 Å². The smallest absolute Gasteiger partial charge is 0.254 e. The largest absolute Gasteiger partial charge is 0.338 e. The van der Waals surface area contributed by atoms with E-state index in [4.69, 9.17) is 0 Å². The van der Waals surface area contributed by atoms with E-state index >= 15 is 0 Å². The number of pyridine rings is 1. The molecule has 0 aliphatic carbocycles. The third-order valence-electron chi connectivity index (χ3n) is 3.75. The normalized spacial score (nSPS) is 17.5. The van der Waals surface area contributed by atoms with E-state index in [-0.39, 0.29) is 11.8 Å². The lowest BCUT2D eigenvalue weighted by atomic mass is 10.1. The van der Waals surface area contributed by atoms with Crippen LogP contribution >= 0.6 is 0 Å². The zero-order valence-electron chi connectivity index (χ0n) is 12.2. The monoisotopic (exact) mass is 299 g/mol. The summed E-state index contributed by atoms with van der Waals surface area (Å²) < 4.78 is 0. The number of carbonyl (C=O) groups is 2. The minimum atomic E-state index is -0.211. The van der Waals surface area contributed by atoms with Gasteiger partial charge in [-0.2, -0.15) is 5.10 Å². The van der Waals surface area contributed by atoms with Crippen molar-refractivity contribution in [3.8, 4) is 0 Å². The molecule has 3 rings (SSSR count). The van der Waals surface area contributed by atoms with Crippen molar-refractivity contribution >= 4 is 17.6 Å². The van der Waals surface area contributed by atoms with Gasteiger partial charge in [0.25, 0.3) is 5.91 Å². The van der Waals surface area contributed by atoms with Crippen LogP contribution in [0.5, 0.6) is 0 Å². The van der Waals surface area contributed by atoms with Gasteiger partial charge in [0.15, 0.2) is 0 Å². The second kappa shape index (κ2) is 5.97. The number of aromatic amines is 1. The summed E-state index contributed by atoms with van der Waals surface area (Å²) in [6.07, 6.45) is 4.17. The second-order valence-electron chi connectivity index (χ2n) is 5.36. The first-order valence-electron chi connectivity index (χ1n) is 7.15. The minimum Gasteiger partial charge on any atom is -0.338 e. The Bertz CT molecular complexity index is 683. The fourth-order valence-corrected chi connectivity index (χ4v) is 2.69. The summed E-state index contributed by atoms with van der Waals surface area (Å²) in [7, 11) is 0. The summed E-state index contributed by atoms with van der Waals surface area (Å²) in [6.45, 7) is 2.78. The molecule has 0 unspecified atom stereocenters. The Kier molecular flexibility index (Phi) is 3.86. The number of anilines is 1. The number of likely N-dealkylation sites (tertiary alicyclic amines) is 1. The first-order valence-corrected chi connectivity index (χ1v) is 7.15. The molecule has 0 bridgehead atoms. The molecular weight excluding hydrogens is 282 g/mol. The lowest BCUT2D eigenvalue weighted by molar-refractivity contribution is -0.114. The van der Waals surface area contributed by atoms with Crippen molar-refractivity contribution in [2.45, 2.75) is 19.3 Å². The average molecular weight is 299 g/mol. The van der Waals surface area contributed by atoms with Crippen LogP contribution < -0.4 is 5.32 Å². The molecule has 0 saturated carbocycles. The molecule has 1 aliphatic rings. The molecule has 2 N–H and O–H groups in total. The van der Waals surface area contributed by atoms with Gasteiger partial charge >= 0.3 is 0 Å². The number of hydrogen-bond donors (Lipinski definition) is 2. The predicted octanol–water partition coefficient (Wildman–Crippen LogP) is 1.39. The second-order valence-corrected chi connectivity index (χ2v) is 5.36. The molecule has 7 nitrogen and oxygen atoms in total.